The topological polar surface area (TPSA) is 66.6 Å². The average Bonchev–Trinajstić information content (AvgIpc) is 1.36. The second kappa shape index (κ2) is 3.70. The molecule has 44 valence electrons. The summed E-state index contributed by atoms with van der Waals surface area (Å²) in [7, 11) is 1.25. The molecular weight excluding hydrogens is 119 g/mol. The third kappa shape index (κ3) is 5.52. The van der Waals surface area contributed by atoms with Crippen molar-refractivity contribution in [3.63, 3.8) is 0 Å². The molecule has 0 atom stereocenters. The molecule has 0 radical (unpaired) electrons. The highest BCUT2D eigenvalue weighted by atomic mass is 35.5. The van der Waals surface area contributed by atoms with Gasteiger partial charge in [0.05, 0.1) is 0 Å². The number of nitrogens with zero attached hydrogens (tertiary/aromatic N) is 1. The fourth-order valence-electron chi connectivity index (χ4n) is 0. The summed E-state index contributed by atoms with van der Waals surface area (Å²) in [6.45, 7) is 0. The highest BCUT2D eigenvalue weighted by Gasteiger charge is 1.92. The summed E-state index contributed by atoms with van der Waals surface area (Å²) in [5.74, 6) is 4.67. The van der Waals surface area contributed by atoms with Crippen LogP contribution in [-0.2, 0) is 0 Å². The number of hydrogen-bond acceptors (Lipinski definition) is 2. The van der Waals surface area contributed by atoms with E-state index >= 15 is 0 Å². The summed E-state index contributed by atoms with van der Waals surface area (Å²) in [6.07, 6.45) is -1.13. The van der Waals surface area contributed by atoms with Crippen LogP contribution in [0.5, 0.6) is 0 Å². The summed E-state index contributed by atoms with van der Waals surface area (Å²) >= 11 is 0. The summed E-state index contributed by atoms with van der Waals surface area (Å²) in [6, 6.07) is 0. The zero-order chi connectivity index (χ0) is 5.15. The molecule has 0 unspecified atom stereocenters. The Morgan fingerprint density at radius 2 is 2.00 bits per heavy atom. The van der Waals surface area contributed by atoms with Crippen LogP contribution in [0.25, 0.3) is 0 Å². The van der Waals surface area contributed by atoms with E-state index in [0.29, 0.717) is 5.01 Å². The predicted octanol–water partition coefficient (Wildman–Crippen LogP) is -0.108. The predicted molar refractivity (Wildman–Crippen MR) is 27.2 cm³/mol. The van der Waals surface area contributed by atoms with Crippen molar-refractivity contribution in [1.29, 1.82) is 0 Å². The minimum atomic E-state index is -1.13. The normalized spacial score (nSPS) is 6.57. The number of carboxylic acid groups (broad SMARTS) is 1. The molecule has 0 aliphatic rings. The molecule has 0 fully saturated rings. The van der Waals surface area contributed by atoms with Crippen LogP contribution in [-0.4, -0.2) is 23.3 Å². The minimum absolute atomic E-state index is 0. The first-order valence-electron chi connectivity index (χ1n) is 1.36. The van der Waals surface area contributed by atoms with Crippen molar-refractivity contribution in [2.75, 3.05) is 7.05 Å². The number of hydrazine groups is 1. The van der Waals surface area contributed by atoms with Gasteiger partial charge in [-0.05, 0) is 0 Å². The quantitative estimate of drug-likeness (QED) is 0.270. The number of nitrogens with two attached hydrogens (primary N) is 1. The molecule has 0 aliphatic heterocycles. The summed E-state index contributed by atoms with van der Waals surface area (Å²) in [4.78, 5) is 9.50. The van der Waals surface area contributed by atoms with Crippen molar-refractivity contribution in [3.8, 4) is 0 Å². The van der Waals surface area contributed by atoms with Crippen molar-refractivity contribution in [3.05, 3.63) is 0 Å². The zero-order valence-corrected chi connectivity index (χ0v) is 4.60. The third-order valence-corrected chi connectivity index (χ3v) is 0.302. The van der Waals surface area contributed by atoms with Crippen molar-refractivity contribution >= 4 is 18.5 Å². The Labute approximate surface area is 47.3 Å². The Morgan fingerprint density at radius 3 is 2.00 bits per heavy atom. The molecule has 0 saturated heterocycles. The van der Waals surface area contributed by atoms with Gasteiger partial charge in [-0.25, -0.2) is 15.6 Å². The van der Waals surface area contributed by atoms with Crippen LogP contribution in [0.1, 0.15) is 0 Å². The van der Waals surface area contributed by atoms with E-state index in [9.17, 15) is 4.79 Å². The Morgan fingerprint density at radius 1 is 1.86 bits per heavy atom. The maximum atomic E-state index is 9.50. The molecule has 1 amide bonds. The molecule has 0 aliphatic carbocycles. The van der Waals surface area contributed by atoms with Crippen LogP contribution >= 0.6 is 12.4 Å². The van der Waals surface area contributed by atoms with Gasteiger partial charge in [-0.2, -0.15) is 0 Å². The van der Waals surface area contributed by atoms with Crippen molar-refractivity contribution in [1.82, 2.24) is 5.01 Å². The largest absolute Gasteiger partial charge is 0.464 e. The van der Waals surface area contributed by atoms with E-state index in [1.807, 2.05) is 0 Å². The molecule has 0 aromatic heterocycles. The fourth-order valence-corrected chi connectivity index (χ4v) is 0. The molecule has 4 nitrogen and oxygen atoms in total. The van der Waals surface area contributed by atoms with Gasteiger partial charge in [0.1, 0.15) is 0 Å². The fraction of sp³-hybridized carbons (Fsp3) is 0.500. The van der Waals surface area contributed by atoms with Crippen molar-refractivity contribution in [2.45, 2.75) is 0 Å². The van der Waals surface area contributed by atoms with E-state index < -0.39 is 6.09 Å². The maximum absolute atomic E-state index is 9.50. The summed E-state index contributed by atoms with van der Waals surface area (Å²) < 4.78 is 0. The van der Waals surface area contributed by atoms with Crippen LogP contribution in [0.3, 0.4) is 0 Å². The van der Waals surface area contributed by atoms with Crippen LogP contribution in [0, 0.1) is 0 Å². The summed E-state index contributed by atoms with van der Waals surface area (Å²) in [5, 5.41) is 8.38. The summed E-state index contributed by atoms with van der Waals surface area (Å²) in [5.41, 5.74) is 0. The van der Waals surface area contributed by atoms with Gasteiger partial charge in [-0.3, -0.25) is 0 Å². The molecule has 5 heteroatoms. The standard InChI is InChI=1S/C2H6N2O2.ClH/c1-4(3)2(5)6;/h3H2,1H3,(H,5,6);1H. The molecule has 0 heterocycles. The first-order chi connectivity index (χ1) is 2.64. The lowest BCUT2D eigenvalue weighted by Gasteiger charge is -1.99. The molecule has 0 aromatic rings. The first-order valence-corrected chi connectivity index (χ1v) is 1.36. The number of hydrogen-bond donors (Lipinski definition) is 2. The number of amides is 1. The number of carbonyl (C=O) groups is 1. The lowest BCUT2D eigenvalue weighted by molar-refractivity contribution is 0.156. The lowest BCUT2D eigenvalue weighted by Crippen LogP contribution is -2.31. The maximum Gasteiger partial charge on any atom is 0.421 e. The van der Waals surface area contributed by atoms with Gasteiger partial charge in [0.2, 0.25) is 0 Å². The lowest BCUT2D eigenvalue weighted by atomic mass is 11.1. The highest BCUT2D eigenvalue weighted by molar-refractivity contribution is 5.85. The van der Waals surface area contributed by atoms with E-state index in [4.69, 9.17) is 5.11 Å². The first kappa shape index (κ1) is 9.72. The molecule has 0 aromatic carbocycles. The van der Waals surface area contributed by atoms with E-state index in [1.165, 1.54) is 7.05 Å². The van der Waals surface area contributed by atoms with Crippen LogP contribution in [0.4, 0.5) is 4.79 Å². The Balaban J connectivity index is 0. The SMILES string of the molecule is CN(N)C(=O)O.Cl. The molecule has 0 spiro atoms. The second-order valence-electron chi connectivity index (χ2n) is 0.893. The Kier molecular flexibility index (Phi) is 5.14. The second-order valence-corrected chi connectivity index (χ2v) is 0.893. The van der Waals surface area contributed by atoms with Gasteiger partial charge < -0.3 is 5.11 Å². The van der Waals surface area contributed by atoms with Gasteiger partial charge in [0.15, 0.2) is 0 Å². The molecule has 0 rings (SSSR count). The highest BCUT2D eigenvalue weighted by Crippen LogP contribution is 1.64. The zero-order valence-electron chi connectivity index (χ0n) is 3.79. The average molecular weight is 127 g/mol. The van der Waals surface area contributed by atoms with Crippen LogP contribution in [0.15, 0.2) is 0 Å². The van der Waals surface area contributed by atoms with Gasteiger partial charge in [0.25, 0.3) is 0 Å². The van der Waals surface area contributed by atoms with E-state index in [-0.39, 0.29) is 12.4 Å². The van der Waals surface area contributed by atoms with E-state index in [0.717, 1.165) is 0 Å². The van der Waals surface area contributed by atoms with Crippen LogP contribution in [0.2, 0.25) is 0 Å². The van der Waals surface area contributed by atoms with E-state index in [1.54, 1.807) is 0 Å². The minimum Gasteiger partial charge on any atom is -0.464 e. The molecule has 0 saturated carbocycles. The molecule has 3 N–H and O–H groups in total. The number of halogens is 1. The van der Waals surface area contributed by atoms with Crippen molar-refractivity contribution in [2.24, 2.45) is 5.84 Å². The van der Waals surface area contributed by atoms with Gasteiger partial charge in [0, 0.05) is 7.05 Å². The van der Waals surface area contributed by atoms with Gasteiger partial charge in [-0.1, -0.05) is 0 Å². The monoisotopic (exact) mass is 126 g/mol. The van der Waals surface area contributed by atoms with Gasteiger partial charge >= 0.3 is 6.09 Å². The number of rotatable bonds is 0. The smallest absolute Gasteiger partial charge is 0.421 e. The van der Waals surface area contributed by atoms with Crippen LogP contribution < -0.4 is 5.84 Å². The van der Waals surface area contributed by atoms with E-state index in [2.05, 4.69) is 5.84 Å². The third-order valence-electron chi connectivity index (χ3n) is 0.302. The molecule has 0 bridgehead atoms. The molecular formula is C2H7ClN2O2. The van der Waals surface area contributed by atoms with Crippen molar-refractivity contribution < 1.29 is 9.90 Å². The Bertz CT molecular complexity index is 64.7. The Hall–Kier alpha value is -0.480. The van der Waals surface area contributed by atoms with Gasteiger partial charge in [-0.15, -0.1) is 12.4 Å². The molecule has 7 heavy (non-hydrogen) atoms.